The number of methoxy groups -OCH3 is 1. The van der Waals surface area contributed by atoms with Crippen molar-refractivity contribution in [3.8, 4) is 5.75 Å². The van der Waals surface area contributed by atoms with Crippen LogP contribution in [0.1, 0.15) is 37.2 Å². The normalized spacial score (nSPS) is 12.7. The van der Waals surface area contributed by atoms with Crippen LogP contribution in [-0.2, 0) is 0 Å². The molecule has 1 atom stereocenters. The summed E-state index contributed by atoms with van der Waals surface area (Å²) in [5.41, 5.74) is 4.83. The molecule has 2 rings (SSSR count). The first-order valence-corrected chi connectivity index (χ1v) is 7.20. The first kappa shape index (κ1) is 15.0. The average molecular weight is 339 g/mol. The maximum absolute atomic E-state index is 5.77. The molecule has 0 bridgehead atoms. The smallest absolute Gasteiger partial charge is 0.125 e. The number of ether oxygens (including phenoxy) is 1. The van der Waals surface area contributed by atoms with E-state index in [2.05, 4.69) is 40.3 Å². The minimum absolute atomic E-state index is 0.178. The number of aromatic nitrogens is 2. The lowest BCUT2D eigenvalue weighted by Crippen LogP contribution is -2.31. The number of hydrazine groups is 1. The van der Waals surface area contributed by atoms with Gasteiger partial charge in [0.05, 0.1) is 18.8 Å². The topological polar surface area (TPSA) is 65.1 Å². The Kier molecular flexibility index (Phi) is 4.80. The third kappa shape index (κ3) is 2.87. The molecular formula is C14H19BrN4O. The van der Waals surface area contributed by atoms with Crippen LogP contribution in [0.15, 0.2) is 34.9 Å². The summed E-state index contributed by atoms with van der Waals surface area (Å²) in [5, 5.41) is 4.35. The summed E-state index contributed by atoms with van der Waals surface area (Å²) in [6.07, 6.45) is 1.78. The highest BCUT2D eigenvalue weighted by Crippen LogP contribution is 2.32. The van der Waals surface area contributed by atoms with Gasteiger partial charge in [-0.25, -0.2) is 5.43 Å². The third-order valence-corrected chi connectivity index (χ3v) is 3.65. The van der Waals surface area contributed by atoms with Gasteiger partial charge >= 0.3 is 0 Å². The van der Waals surface area contributed by atoms with Crippen LogP contribution in [0, 0.1) is 0 Å². The number of benzene rings is 1. The van der Waals surface area contributed by atoms with Crippen molar-refractivity contribution in [2.24, 2.45) is 5.84 Å². The van der Waals surface area contributed by atoms with Gasteiger partial charge in [0.2, 0.25) is 0 Å². The van der Waals surface area contributed by atoms with Crippen molar-refractivity contribution < 1.29 is 4.74 Å². The molecule has 20 heavy (non-hydrogen) atoms. The van der Waals surface area contributed by atoms with E-state index in [1.54, 1.807) is 13.3 Å². The summed E-state index contributed by atoms with van der Waals surface area (Å²) in [6, 6.07) is 7.94. The van der Waals surface area contributed by atoms with Gasteiger partial charge in [-0.1, -0.05) is 22.0 Å². The SMILES string of the molecule is COc1cc(Br)ccc1C(NN)c1ccnn1C(C)C. The summed E-state index contributed by atoms with van der Waals surface area (Å²) in [4.78, 5) is 0. The molecule has 1 aromatic carbocycles. The van der Waals surface area contributed by atoms with E-state index in [0.717, 1.165) is 21.5 Å². The summed E-state index contributed by atoms with van der Waals surface area (Å²) in [6.45, 7) is 4.17. The number of nitrogens with one attached hydrogen (secondary N) is 1. The Morgan fingerprint density at radius 3 is 2.70 bits per heavy atom. The minimum Gasteiger partial charge on any atom is -0.496 e. The molecule has 1 aromatic heterocycles. The van der Waals surface area contributed by atoms with Crippen LogP contribution in [-0.4, -0.2) is 16.9 Å². The first-order chi connectivity index (χ1) is 9.58. The van der Waals surface area contributed by atoms with Crippen molar-refractivity contribution in [3.05, 3.63) is 46.2 Å². The predicted octanol–water partition coefficient (Wildman–Crippen LogP) is 2.79. The zero-order valence-corrected chi connectivity index (χ0v) is 13.4. The molecular weight excluding hydrogens is 320 g/mol. The molecule has 1 heterocycles. The van der Waals surface area contributed by atoms with Gasteiger partial charge in [-0.3, -0.25) is 10.5 Å². The van der Waals surface area contributed by atoms with E-state index >= 15 is 0 Å². The Balaban J connectivity index is 2.50. The first-order valence-electron chi connectivity index (χ1n) is 6.41. The monoisotopic (exact) mass is 338 g/mol. The van der Waals surface area contributed by atoms with Gasteiger partial charge in [0.1, 0.15) is 5.75 Å². The van der Waals surface area contributed by atoms with Crippen LogP contribution in [0.5, 0.6) is 5.75 Å². The minimum atomic E-state index is -0.178. The number of nitrogens with zero attached hydrogens (tertiary/aromatic N) is 2. The van der Waals surface area contributed by atoms with Crippen molar-refractivity contribution in [2.45, 2.75) is 25.9 Å². The molecule has 0 aliphatic heterocycles. The quantitative estimate of drug-likeness (QED) is 0.649. The molecule has 0 saturated carbocycles. The number of nitrogens with two attached hydrogens (primary N) is 1. The highest BCUT2D eigenvalue weighted by atomic mass is 79.9. The third-order valence-electron chi connectivity index (χ3n) is 3.16. The largest absolute Gasteiger partial charge is 0.496 e. The van der Waals surface area contributed by atoms with Crippen LogP contribution < -0.4 is 16.0 Å². The molecule has 3 N–H and O–H groups in total. The maximum atomic E-state index is 5.77. The van der Waals surface area contributed by atoms with E-state index in [1.165, 1.54) is 0 Å². The molecule has 0 amide bonds. The predicted molar refractivity (Wildman–Crippen MR) is 82.5 cm³/mol. The van der Waals surface area contributed by atoms with Gasteiger partial charge in [0.15, 0.2) is 0 Å². The number of rotatable bonds is 5. The Labute approximate surface area is 127 Å². The Bertz CT molecular complexity index is 582. The molecule has 0 spiro atoms. The summed E-state index contributed by atoms with van der Waals surface area (Å²) >= 11 is 3.45. The van der Waals surface area contributed by atoms with E-state index in [4.69, 9.17) is 10.6 Å². The summed E-state index contributed by atoms with van der Waals surface area (Å²) in [7, 11) is 1.65. The molecule has 0 saturated heterocycles. The molecule has 6 heteroatoms. The Morgan fingerprint density at radius 1 is 1.35 bits per heavy atom. The molecule has 0 fully saturated rings. The van der Waals surface area contributed by atoms with E-state index in [-0.39, 0.29) is 12.1 Å². The average Bonchev–Trinajstić information content (AvgIpc) is 2.90. The van der Waals surface area contributed by atoms with Gasteiger partial charge < -0.3 is 4.74 Å². The molecule has 1 unspecified atom stereocenters. The molecule has 0 aliphatic carbocycles. The number of halogens is 1. The zero-order valence-electron chi connectivity index (χ0n) is 11.8. The van der Waals surface area contributed by atoms with Gasteiger partial charge in [0.25, 0.3) is 0 Å². The number of hydrogen-bond donors (Lipinski definition) is 2. The fraction of sp³-hybridized carbons (Fsp3) is 0.357. The zero-order chi connectivity index (χ0) is 14.7. The second-order valence-electron chi connectivity index (χ2n) is 4.78. The van der Waals surface area contributed by atoms with Crippen molar-refractivity contribution in [2.75, 3.05) is 7.11 Å². The fourth-order valence-electron chi connectivity index (χ4n) is 2.24. The molecule has 5 nitrogen and oxygen atoms in total. The van der Waals surface area contributed by atoms with Gasteiger partial charge in [0, 0.05) is 22.3 Å². The van der Waals surface area contributed by atoms with Crippen LogP contribution in [0.2, 0.25) is 0 Å². The lowest BCUT2D eigenvalue weighted by Gasteiger charge is -2.22. The van der Waals surface area contributed by atoms with Gasteiger partial charge in [-0.15, -0.1) is 0 Å². The Morgan fingerprint density at radius 2 is 2.10 bits per heavy atom. The lowest BCUT2D eigenvalue weighted by molar-refractivity contribution is 0.399. The summed E-state index contributed by atoms with van der Waals surface area (Å²) < 4.78 is 8.37. The van der Waals surface area contributed by atoms with E-state index in [0.29, 0.717) is 0 Å². The van der Waals surface area contributed by atoms with Crippen LogP contribution in [0.25, 0.3) is 0 Å². The van der Waals surface area contributed by atoms with E-state index in [1.807, 2.05) is 28.9 Å². The van der Waals surface area contributed by atoms with Gasteiger partial charge in [-0.05, 0) is 32.0 Å². The van der Waals surface area contributed by atoms with Crippen LogP contribution in [0.4, 0.5) is 0 Å². The number of hydrogen-bond acceptors (Lipinski definition) is 4. The van der Waals surface area contributed by atoms with Crippen molar-refractivity contribution in [1.82, 2.24) is 15.2 Å². The molecule has 0 radical (unpaired) electrons. The Hall–Kier alpha value is -1.37. The molecule has 0 aliphatic rings. The molecule has 2 aromatic rings. The van der Waals surface area contributed by atoms with Gasteiger partial charge in [-0.2, -0.15) is 5.10 Å². The fourth-order valence-corrected chi connectivity index (χ4v) is 2.58. The second kappa shape index (κ2) is 6.39. The van der Waals surface area contributed by atoms with Crippen molar-refractivity contribution in [1.29, 1.82) is 0 Å². The van der Waals surface area contributed by atoms with Crippen LogP contribution in [0.3, 0.4) is 0 Å². The van der Waals surface area contributed by atoms with E-state index < -0.39 is 0 Å². The summed E-state index contributed by atoms with van der Waals surface area (Å²) in [5.74, 6) is 6.54. The van der Waals surface area contributed by atoms with Crippen LogP contribution >= 0.6 is 15.9 Å². The second-order valence-corrected chi connectivity index (χ2v) is 5.70. The van der Waals surface area contributed by atoms with Crippen molar-refractivity contribution >= 4 is 15.9 Å². The molecule has 108 valence electrons. The van der Waals surface area contributed by atoms with E-state index in [9.17, 15) is 0 Å². The highest BCUT2D eigenvalue weighted by Gasteiger charge is 2.21. The standard InChI is InChI=1S/C14H19BrN4O/c1-9(2)19-12(6-7-17-19)14(18-16)11-5-4-10(15)8-13(11)20-3/h4-9,14,18H,16H2,1-3H3. The maximum Gasteiger partial charge on any atom is 0.125 e. The van der Waals surface area contributed by atoms with Crippen molar-refractivity contribution in [3.63, 3.8) is 0 Å². The lowest BCUT2D eigenvalue weighted by atomic mass is 10.0. The highest BCUT2D eigenvalue weighted by molar-refractivity contribution is 9.10.